The van der Waals surface area contributed by atoms with Gasteiger partial charge >= 0.3 is 225 Å². The number of hydrogen-bond acceptors (Lipinski definition) is 10. The van der Waals surface area contributed by atoms with Crippen LogP contribution in [0.4, 0.5) is 13.6 Å². The van der Waals surface area contributed by atoms with Gasteiger partial charge in [0.1, 0.15) is 6.61 Å². The van der Waals surface area contributed by atoms with Crippen molar-refractivity contribution in [2.75, 3.05) is 51.9 Å². The van der Waals surface area contributed by atoms with E-state index in [0.717, 1.165) is 10.5 Å². The van der Waals surface area contributed by atoms with Crippen LogP contribution in [-0.4, -0.2) is 94.6 Å². The van der Waals surface area contributed by atoms with Crippen LogP contribution in [0.5, 0.6) is 5.75 Å². The molecule has 1 amide bonds. The molecule has 2 atom stereocenters. The van der Waals surface area contributed by atoms with E-state index in [1.165, 1.54) is 30.1 Å². The molecule has 0 spiro atoms. The third-order valence-corrected chi connectivity index (χ3v) is 9.55. The van der Waals surface area contributed by atoms with E-state index in [-0.39, 0.29) is 64.9 Å². The van der Waals surface area contributed by atoms with Crippen molar-refractivity contribution in [1.29, 1.82) is 0 Å². The van der Waals surface area contributed by atoms with Gasteiger partial charge in [-0.2, -0.15) is 0 Å². The Hall–Kier alpha value is -4.04. The zero-order chi connectivity index (χ0) is 30.1. The second-order valence-electron chi connectivity index (χ2n) is 9.64. The summed E-state index contributed by atoms with van der Waals surface area (Å²) in [6.45, 7) is -0.0441. The van der Waals surface area contributed by atoms with Gasteiger partial charge in [0.25, 0.3) is 0 Å². The van der Waals surface area contributed by atoms with Crippen molar-refractivity contribution in [2.45, 2.75) is 17.5 Å². The van der Waals surface area contributed by atoms with Crippen molar-refractivity contribution < 1.29 is 42.1 Å². The summed E-state index contributed by atoms with van der Waals surface area (Å²) in [7, 11) is 1.45. The second kappa shape index (κ2) is 12.3. The van der Waals surface area contributed by atoms with E-state index < -0.39 is 48.1 Å². The summed E-state index contributed by atoms with van der Waals surface area (Å²) in [5, 5.41) is 2.08. The standard InChI is InChI=1S/C28H26F2N4O8Se/c1-38-11-12-40-28(37)42-15-41-26-19(35)6-8-33-25(26)27(36)32-9-10-39-13-21(32)34(33)24-16-4-5-18(29)22(30)17(16)14-43-20-3-2-7-31-23(20)24/h2-8,21,24H,9-15H2,1H3/t21-,24-/m1/s1. The molecule has 0 radical (unpaired) electrons. The number of amides is 1. The van der Waals surface area contributed by atoms with Crippen molar-refractivity contribution in [3.05, 3.63) is 87.1 Å². The normalized spacial score (nSPS) is 19.0. The Balaban J connectivity index is 1.47. The molecule has 3 aliphatic heterocycles. The van der Waals surface area contributed by atoms with Gasteiger partial charge in [0.15, 0.2) is 0 Å². The van der Waals surface area contributed by atoms with Crippen molar-refractivity contribution in [2.24, 2.45) is 0 Å². The number of fused-ring (bicyclic) bond motifs is 4. The Morgan fingerprint density at radius 3 is 2.86 bits per heavy atom. The molecule has 226 valence electrons. The van der Waals surface area contributed by atoms with Crippen LogP contribution in [0, 0.1) is 11.6 Å². The molecule has 12 nitrogen and oxygen atoms in total. The van der Waals surface area contributed by atoms with Gasteiger partial charge in [-0.3, -0.25) is 0 Å². The summed E-state index contributed by atoms with van der Waals surface area (Å²) in [4.78, 5) is 45.1. The molecular weight excluding hydrogens is 637 g/mol. The molecule has 5 heterocycles. The molecule has 0 aliphatic carbocycles. The van der Waals surface area contributed by atoms with Crippen LogP contribution in [0.3, 0.4) is 0 Å². The first kappa shape index (κ1) is 29.1. The number of methoxy groups -OCH3 is 1. The topological polar surface area (TPSA) is 122 Å². The fourth-order valence-electron chi connectivity index (χ4n) is 5.35. The van der Waals surface area contributed by atoms with Crippen LogP contribution < -0.4 is 19.6 Å². The number of morpholine rings is 1. The van der Waals surface area contributed by atoms with Gasteiger partial charge in [-0.1, -0.05) is 0 Å². The second-order valence-corrected chi connectivity index (χ2v) is 11.8. The number of benzene rings is 1. The number of aromatic nitrogens is 2. The van der Waals surface area contributed by atoms with E-state index in [4.69, 9.17) is 23.7 Å². The molecule has 1 aromatic carbocycles. The van der Waals surface area contributed by atoms with Gasteiger partial charge in [-0.15, -0.1) is 0 Å². The number of carbonyl (C=O) groups is 2. The first-order valence-corrected chi connectivity index (χ1v) is 15.4. The van der Waals surface area contributed by atoms with Gasteiger partial charge in [0, 0.05) is 7.11 Å². The minimum absolute atomic E-state index is 0.0469. The fraction of sp³-hybridized carbons (Fsp3) is 0.357. The minimum atomic E-state index is -1.04. The van der Waals surface area contributed by atoms with Crippen molar-refractivity contribution in [3.8, 4) is 5.75 Å². The van der Waals surface area contributed by atoms with Crippen LogP contribution in [-0.2, 0) is 24.3 Å². The third kappa shape index (κ3) is 5.33. The SMILES string of the molecule is COCCOC(=O)OCOc1c2n(ccc1=O)N([C@@H]1c3ccc(F)c(F)c3C[Se]c3cccnc31)[C@@H]1COCCN1C2=O. The van der Waals surface area contributed by atoms with E-state index >= 15 is 4.39 Å². The summed E-state index contributed by atoms with van der Waals surface area (Å²) >= 11 is -0.272. The van der Waals surface area contributed by atoms with Crippen LogP contribution in [0.1, 0.15) is 33.4 Å². The number of halogens is 2. The monoisotopic (exact) mass is 664 g/mol. The maximum absolute atomic E-state index is 15.3. The number of nitrogens with zero attached hydrogens (tertiary/aromatic N) is 4. The molecule has 2 aromatic heterocycles. The third-order valence-electron chi connectivity index (χ3n) is 7.27. The number of pyridine rings is 2. The zero-order valence-corrected chi connectivity index (χ0v) is 24.6. The molecule has 0 unspecified atom stereocenters. The predicted octanol–water partition coefficient (Wildman–Crippen LogP) is 1.04. The summed E-state index contributed by atoms with van der Waals surface area (Å²) in [5.41, 5.74) is 0.564. The maximum atomic E-state index is 15.3. The van der Waals surface area contributed by atoms with Crippen LogP contribution in [0.2, 0.25) is 0 Å². The van der Waals surface area contributed by atoms with E-state index in [2.05, 4.69) is 4.98 Å². The molecule has 3 aromatic rings. The number of rotatable bonds is 7. The van der Waals surface area contributed by atoms with Crippen molar-refractivity contribution in [3.63, 3.8) is 0 Å². The first-order chi connectivity index (χ1) is 20.9. The number of carbonyl (C=O) groups excluding carboxylic acids is 2. The van der Waals surface area contributed by atoms with Gasteiger partial charge < -0.3 is 4.74 Å². The van der Waals surface area contributed by atoms with Crippen LogP contribution in [0.25, 0.3) is 0 Å². The molecule has 0 N–H and O–H groups in total. The Morgan fingerprint density at radius 1 is 1.16 bits per heavy atom. The van der Waals surface area contributed by atoms with E-state index in [1.807, 2.05) is 6.07 Å². The van der Waals surface area contributed by atoms with Gasteiger partial charge in [0.05, 0.1) is 6.61 Å². The van der Waals surface area contributed by atoms with Crippen LogP contribution in [0.15, 0.2) is 47.5 Å². The molecule has 3 aliphatic rings. The van der Waals surface area contributed by atoms with Crippen molar-refractivity contribution in [1.82, 2.24) is 14.6 Å². The average Bonchev–Trinajstić information content (AvgIpc) is 3.18. The van der Waals surface area contributed by atoms with Crippen LogP contribution >= 0.6 is 0 Å². The molecule has 43 heavy (non-hydrogen) atoms. The van der Waals surface area contributed by atoms with Gasteiger partial charge in [0.2, 0.25) is 0 Å². The molecule has 1 fully saturated rings. The van der Waals surface area contributed by atoms with Gasteiger partial charge in [-0.25, -0.2) is 0 Å². The van der Waals surface area contributed by atoms with E-state index in [9.17, 15) is 18.8 Å². The molecule has 0 bridgehead atoms. The molecule has 15 heteroatoms. The average molecular weight is 663 g/mol. The predicted molar refractivity (Wildman–Crippen MR) is 146 cm³/mol. The summed E-state index contributed by atoms with van der Waals surface area (Å²) in [6.07, 6.45) is 1.31. The van der Waals surface area contributed by atoms with E-state index in [1.54, 1.807) is 22.2 Å². The molecule has 1 saturated heterocycles. The Bertz CT molecular complexity index is 1620. The zero-order valence-electron chi connectivity index (χ0n) is 22.9. The molecule has 0 saturated carbocycles. The van der Waals surface area contributed by atoms with Crippen molar-refractivity contribution >= 4 is 31.5 Å². The summed E-state index contributed by atoms with van der Waals surface area (Å²) in [5.74, 6) is -2.74. The fourth-order valence-corrected chi connectivity index (χ4v) is 7.62. The Morgan fingerprint density at radius 2 is 2.02 bits per heavy atom. The number of hydrogen-bond donors (Lipinski definition) is 0. The summed E-state index contributed by atoms with van der Waals surface area (Å²) < 4.78 is 58.1. The quantitative estimate of drug-likeness (QED) is 0.157. The first-order valence-electron chi connectivity index (χ1n) is 13.3. The van der Waals surface area contributed by atoms with E-state index in [0.29, 0.717) is 16.6 Å². The Labute approximate surface area is 250 Å². The summed E-state index contributed by atoms with van der Waals surface area (Å²) in [6, 6.07) is 6.72. The molecule has 6 rings (SSSR count). The van der Waals surface area contributed by atoms with Gasteiger partial charge in [-0.05, 0) is 0 Å². The Kier molecular flexibility index (Phi) is 8.30. The molecular formula is C28H26F2N4O8Se. The number of ether oxygens (including phenoxy) is 5.